The predicted octanol–water partition coefficient (Wildman–Crippen LogP) is 2.54. The molecule has 3 N–H and O–H groups in total. The van der Waals surface area contributed by atoms with Crippen LogP contribution in [0.5, 0.6) is 0 Å². The van der Waals surface area contributed by atoms with Crippen LogP contribution in [0.25, 0.3) is 0 Å². The van der Waals surface area contributed by atoms with Gasteiger partial charge in [-0.25, -0.2) is 13.1 Å². The van der Waals surface area contributed by atoms with Gasteiger partial charge in [-0.15, -0.1) is 0 Å². The van der Waals surface area contributed by atoms with Crippen molar-refractivity contribution < 1.29 is 31.2 Å². The average molecular weight is 400 g/mol. The van der Waals surface area contributed by atoms with Gasteiger partial charge in [-0.3, -0.25) is 9.59 Å². The molecule has 0 radical (unpaired) electrons. The third-order valence-electron chi connectivity index (χ3n) is 3.99. The van der Waals surface area contributed by atoms with E-state index in [-0.39, 0.29) is 21.6 Å². The minimum absolute atomic E-state index is 0.139. The van der Waals surface area contributed by atoms with Crippen LogP contribution in [0.15, 0.2) is 41.3 Å². The number of hydrogen-bond donors (Lipinski definition) is 2. The van der Waals surface area contributed by atoms with Gasteiger partial charge in [-0.2, -0.15) is 13.2 Å². The Morgan fingerprint density at radius 1 is 0.963 bits per heavy atom. The molecule has 0 atom stereocenters. The maximum Gasteiger partial charge on any atom is 0.416 e. The summed E-state index contributed by atoms with van der Waals surface area (Å²) in [7, 11) is -4.32. The molecular weight excluding hydrogens is 385 g/mol. The molecule has 0 saturated carbocycles. The molecule has 0 unspecified atom stereocenters. The molecular formula is C17H15F3N2O4S. The van der Waals surface area contributed by atoms with E-state index >= 15 is 0 Å². The molecule has 0 fully saturated rings. The minimum Gasteiger partial charge on any atom is -0.366 e. The summed E-state index contributed by atoms with van der Waals surface area (Å²) in [5.41, 5.74) is 4.69. The van der Waals surface area contributed by atoms with Crippen LogP contribution in [0.1, 0.15) is 37.4 Å². The van der Waals surface area contributed by atoms with Gasteiger partial charge in [0.2, 0.25) is 5.91 Å². The lowest BCUT2D eigenvalue weighted by Gasteiger charge is -2.13. The SMILES string of the molecule is Cc1c(C(N)=O)ccc(S(=O)(=O)NC(=O)c2ccc(C(F)(F)F)cc2)c1C. The van der Waals surface area contributed by atoms with Crippen LogP contribution in [-0.2, 0) is 16.2 Å². The summed E-state index contributed by atoms with van der Waals surface area (Å²) in [6, 6.07) is 5.47. The van der Waals surface area contributed by atoms with Gasteiger partial charge in [0.1, 0.15) is 0 Å². The molecule has 2 aromatic rings. The van der Waals surface area contributed by atoms with Gasteiger partial charge in [-0.1, -0.05) is 0 Å². The smallest absolute Gasteiger partial charge is 0.366 e. The van der Waals surface area contributed by atoms with E-state index in [1.807, 2.05) is 0 Å². The summed E-state index contributed by atoms with van der Waals surface area (Å²) in [6.07, 6.45) is -4.57. The summed E-state index contributed by atoms with van der Waals surface area (Å²) in [4.78, 5) is 23.2. The van der Waals surface area contributed by atoms with Crippen LogP contribution < -0.4 is 10.5 Å². The molecule has 144 valence electrons. The van der Waals surface area contributed by atoms with Crippen LogP contribution in [0.4, 0.5) is 13.2 Å². The maximum atomic E-state index is 12.6. The summed E-state index contributed by atoms with van der Waals surface area (Å²) in [5, 5.41) is 0. The Morgan fingerprint density at radius 2 is 1.52 bits per heavy atom. The van der Waals surface area contributed by atoms with E-state index in [2.05, 4.69) is 0 Å². The summed E-state index contributed by atoms with van der Waals surface area (Å²) in [5.74, 6) is -1.81. The Balaban J connectivity index is 2.32. The van der Waals surface area contributed by atoms with Gasteiger partial charge < -0.3 is 5.73 Å². The molecule has 0 aliphatic rings. The minimum atomic E-state index is -4.57. The van der Waals surface area contributed by atoms with Gasteiger partial charge in [0.05, 0.1) is 10.5 Å². The number of halogens is 3. The van der Waals surface area contributed by atoms with Gasteiger partial charge in [0.15, 0.2) is 0 Å². The van der Waals surface area contributed by atoms with Gasteiger partial charge >= 0.3 is 6.18 Å². The zero-order valence-corrected chi connectivity index (χ0v) is 15.0. The number of nitrogens with two attached hydrogens (primary N) is 1. The molecule has 0 bridgehead atoms. The monoisotopic (exact) mass is 400 g/mol. The van der Waals surface area contributed by atoms with Crippen molar-refractivity contribution in [1.29, 1.82) is 0 Å². The zero-order valence-electron chi connectivity index (χ0n) is 14.2. The largest absolute Gasteiger partial charge is 0.416 e. The number of alkyl halides is 3. The highest BCUT2D eigenvalue weighted by Crippen LogP contribution is 2.29. The zero-order chi connectivity index (χ0) is 20.6. The van der Waals surface area contributed by atoms with E-state index < -0.39 is 33.6 Å². The first-order chi connectivity index (χ1) is 12.3. The van der Waals surface area contributed by atoms with Crippen molar-refractivity contribution in [3.05, 3.63) is 64.2 Å². The highest BCUT2D eigenvalue weighted by Gasteiger charge is 2.30. The molecule has 0 aliphatic carbocycles. The second-order valence-electron chi connectivity index (χ2n) is 5.74. The third-order valence-corrected chi connectivity index (χ3v) is 5.47. The van der Waals surface area contributed by atoms with Crippen LogP contribution in [0.3, 0.4) is 0 Å². The maximum absolute atomic E-state index is 12.6. The lowest BCUT2D eigenvalue weighted by molar-refractivity contribution is -0.137. The second kappa shape index (κ2) is 7.03. The molecule has 0 spiro atoms. The summed E-state index contributed by atoms with van der Waals surface area (Å²) < 4.78 is 64.4. The van der Waals surface area contributed by atoms with Crippen LogP contribution in [0, 0.1) is 13.8 Å². The fraction of sp³-hybridized carbons (Fsp3) is 0.176. The summed E-state index contributed by atoms with van der Waals surface area (Å²) >= 11 is 0. The highest BCUT2D eigenvalue weighted by molar-refractivity contribution is 7.90. The summed E-state index contributed by atoms with van der Waals surface area (Å²) in [6.45, 7) is 2.95. The Bertz CT molecular complexity index is 1010. The van der Waals surface area contributed by atoms with Crippen molar-refractivity contribution in [2.75, 3.05) is 0 Å². The number of benzene rings is 2. The Morgan fingerprint density at radius 3 is 2.00 bits per heavy atom. The van der Waals surface area contributed by atoms with E-state index in [1.54, 1.807) is 4.72 Å². The molecule has 2 rings (SSSR count). The number of amides is 2. The second-order valence-corrected chi connectivity index (χ2v) is 7.39. The van der Waals surface area contributed by atoms with Gasteiger partial charge in [0.25, 0.3) is 15.9 Å². The molecule has 0 aliphatic heterocycles. The number of sulfonamides is 1. The third kappa shape index (κ3) is 4.27. The fourth-order valence-corrected chi connectivity index (χ4v) is 3.68. The predicted molar refractivity (Wildman–Crippen MR) is 90.5 cm³/mol. The number of rotatable bonds is 4. The van der Waals surface area contributed by atoms with Crippen molar-refractivity contribution in [1.82, 2.24) is 4.72 Å². The van der Waals surface area contributed by atoms with Crippen LogP contribution in [-0.4, -0.2) is 20.2 Å². The highest BCUT2D eigenvalue weighted by atomic mass is 32.2. The van der Waals surface area contributed by atoms with E-state index in [1.165, 1.54) is 19.9 Å². The molecule has 0 saturated heterocycles. The normalized spacial score (nSPS) is 11.9. The molecule has 2 amide bonds. The van der Waals surface area contributed by atoms with E-state index in [0.717, 1.165) is 18.2 Å². The fourth-order valence-electron chi connectivity index (χ4n) is 2.40. The van der Waals surface area contributed by atoms with Crippen LogP contribution >= 0.6 is 0 Å². The van der Waals surface area contributed by atoms with Crippen LogP contribution in [0.2, 0.25) is 0 Å². The molecule has 0 aromatic heterocycles. The molecule has 6 nitrogen and oxygen atoms in total. The van der Waals surface area contributed by atoms with Gasteiger partial charge in [0, 0.05) is 11.1 Å². The lowest BCUT2D eigenvalue weighted by Crippen LogP contribution is -2.31. The van der Waals surface area contributed by atoms with Crippen molar-refractivity contribution in [3.63, 3.8) is 0 Å². The molecule has 10 heteroatoms. The Hall–Kier alpha value is -2.88. The first-order valence-corrected chi connectivity index (χ1v) is 8.97. The average Bonchev–Trinajstić information content (AvgIpc) is 2.55. The van der Waals surface area contributed by atoms with E-state index in [9.17, 15) is 31.2 Å². The Kier molecular flexibility index (Phi) is 5.32. The quantitative estimate of drug-likeness (QED) is 0.823. The standard InChI is InChI=1S/C17H15F3N2O4S/c1-9-10(2)14(8-7-13(9)15(21)23)27(25,26)22-16(24)11-3-5-12(6-4-11)17(18,19)20/h3-8H,1-2H3,(H2,21,23)(H,22,24). The van der Waals surface area contributed by atoms with Gasteiger partial charge in [-0.05, 0) is 61.4 Å². The number of carbonyl (C=O) groups is 2. The first-order valence-electron chi connectivity index (χ1n) is 7.49. The Labute approximate surface area is 153 Å². The topological polar surface area (TPSA) is 106 Å². The molecule has 2 aromatic carbocycles. The number of carbonyl (C=O) groups excluding carboxylic acids is 2. The first kappa shape index (κ1) is 20.4. The number of nitrogens with one attached hydrogen (secondary N) is 1. The molecule has 0 heterocycles. The van der Waals surface area contributed by atoms with Crippen molar-refractivity contribution in [2.24, 2.45) is 5.73 Å². The van der Waals surface area contributed by atoms with Crippen molar-refractivity contribution in [2.45, 2.75) is 24.9 Å². The number of hydrogen-bond acceptors (Lipinski definition) is 4. The van der Waals surface area contributed by atoms with E-state index in [4.69, 9.17) is 5.73 Å². The van der Waals surface area contributed by atoms with E-state index in [0.29, 0.717) is 17.7 Å². The number of primary amides is 1. The lowest BCUT2D eigenvalue weighted by atomic mass is 10.0. The molecule has 27 heavy (non-hydrogen) atoms. The van der Waals surface area contributed by atoms with Crippen molar-refractivity contribution >= 4 is 21.8 Å². The van der Waals surface area contributed by atoms with Crippen molar-refractivity contribution in [3.8, 4) is 0 Å².